The number of halogens is 1. The number of thiophene rings is 1. The Morgan fingerprint density at radius 1 is 1.27 bits per heavy atom. The summed E-state index contributed by atoms with van der Waals surface area (Å²) >= 11 is 8.56. The van der Waals surface area contributed by atoms with Gasteiger partial charge in [-0.05, 0) is 29.8 Å². The SMILES string of the molecule is NC(=O)c1nnc(N=C2CC=COS2)c2cc(-c3ccc(Cl)cc3)sc12. The molecule has 1 aliphatic rings. The van der Waals surface area contributed by atoms with E-state index in [0.29, 0.717) is 22.0 Å². The zero-order valence-corrected chi connectivity index (χ0v) is 15.6. The molecule has 1 amide bonds. The number of hydrogen-bond donors (Lipinski definition) is 1. The molecule has 1 aromatic carbocycles. The Morgan fingerprint density at radius 2 is 2.08 bits per heavy atom. The molecule has 3 heterocycles. The fourth-order valence-electron chi connectivity index (χ4n) is 2.42. The van der Waals surface area contributed by atoms with Crippen molar-refractivity contribution in [2.75, 3.05) is 0 Å². The maximum Gasteiger partial charge on any atom is 0.270 e. The van der Waals surface area contributed by atoms with Crippen LogP contribution in [0.1, 0.15) is 16.9 Å². The quantitative estimate of drug-likeness (QED) is 0.640. The van der Waals surface area contributed by atoms with Crippen molar-refractivity contribution in [2.45, 2.75) is 6.42 Å². The van der Waals surface area contributed by atoms with Crippen LogP contribution in [0.3, 0.4) is 0 Å². The van der Waals surface area contributed by atoms with Gasteiger partial charge in [-0.25, -0.2) is 4.99 Å². The number of aliphatic imine (C=N–C) groups is 1. The van der Waals surface area contributed by atoms with Crippen molar-refractivity contribution in [1.29, 1.82) is 0 Å². The average Bonchev–Trinajstić information content (AvgIpc) is 3.09. The van der Waals surface area contributed by atoms with Gasteiger partial charge in [0, 0.05) is 21.7 Å². The number of rotatable bonds is 3. The molecule has 0 saturated carbocycles. The first-order valence-electron chi connectivity index (χ1n) is 7.53. The highest BCUT2D eigenvalue weighted by molar-refractivity contribution is 8.10. The highest BCUT2D eigenvalue weighted by Crippen LogP contribution is 2.39. The van der Waals surface area contributed by atoms with Gasteiger partial charge in [-0.15, -0.1) is 21.5 Å². The number of aromatic nitrogens is 2. The van der Waals surface area contributed by atoms with Crippen LogP contribution in [0.2, 0.25) is 5.02 Å². The maximum absolute atomic E-state index is 11.7. The van der Waals surface area contributed by atoms with E-state index in [9.17, 15) is 4.79 Å². The predicted octanol–water partition coefficient (Wildman–Crippen LogP) is 4.72. The second-order valence-corrected chi connectivity index (χ2v) is 7.68. The summed E-state index contributed by atoms with van der Waals surface area (Å²) in [7, 11) is 0. The summed E-state index contributed by atoms with van der Waals surface area (Å²) < 4.78 is 5.85. The summed E-state index contributed by atoms with van der Waals surface area (Å²) in [5.41, 5.74) is 6.58. The number of nitrogens with zero attached hydrogens (tertiary/aromatic N) is 3. The standard InChI is InChI=1S/C17H11ClN4O2S2/c18-10-5-3-9(4-6-10)12-8-11-15(25-12)14(16(19)23)21-22-17(11)20-13-2-1-7-24-26-13/h1,3-8H,2H2,(H2,19,23). The topological polar surface area (TPSA) is 90.5 Å². The molecule has 1 aliphatic heterocycles. The molecule has 26 heavy (non-hydrogen) atoms. The van der Waals surface area contributed by atoms with Gasteiger partial charge < -0.3 is 9.92 Å². The first-order chi connectivity index (χ1) is 12.6. The lowest BCUT2D eigenvalue weighted by Crippen LogP contribution is -2.13. The molecule has 0 atom stereocenters. The largest absolute Gasteiger partial charge is 0.427 e. The van der Waals surface area contributed by atoms with E-state index in [0.717, 1.165) is 20.9 Å². The number of amides is 1. The van der Waals surface area contributed by atoms with Crippen molar-refractivity contribution in [3.05, 3.63) is 53.4 Å². The van der Waals surface area contributed by atoms with E-state index in [1.165, 1.54) is 23.4 Å². The Morgan fingerprint density at radius 3 is 2.77 bits per heavy atom. The van der Waals surface area contributed by atoms with E-state index in [4.69, 9.17) is 21.5 Å². The van der Waals surface area contributed by atoms with Crippen LogP contribution in [0.5, 0.6) is 0 Å². The van der Waals surface area contributed by atoms with Crippen LogP contribution in [-0.2, 0) is 4.18 Å². The highest BCUT2D eigenvalue weighted by Gasteiger charge is 2.18. The molecule has 2 aromatic heterocycles. The highest BCUT2D eigenvalue weighted by atomic mass is 35.5. The van der Waals surface area contributed by atoms with E-state index >= 15 is 0 Å². The van der Waals surface area contributed by atoms with Gasteiger partial charge in [-0.1, -0.05) is 23.7 Å². The Bertz CT molecular complexity index is 1060. The van der Waals surface area contributed by atoms with Crippen LogP contribution >= 0.6 is 35.0 Å². The summed E-state index contributed by atoms with van der Waals surface area (Å²) in [4.78, 5) is 17.2. The molecule has 0 unspecified atom stereocenters. The van der Waals surface area contributed by atoms with E-state index in [1.807, 2.05) is 36.4 Å². The van der Waals surface area contributed by atoms with E-state index in [-0.39, 0.29) is 5.69 Å². The van der Waals surface area contributed by atoms with E-state index < -0.39 is 5.91 Å². The van der Waals surface area contributed by atoms with Crippen LogP contribution in [0.25, 0.3) is 20.5 Å². The summed E-state index contributed by atoms with van der Waals surface area (Å²) in [6, 6.07) is 9.40. The number of fused-ring (bicyclic) bond motifs is 1. The zero-order valence-electron chi connectivity index (χ0n) is 13.2. The fourth-order valence-corrected chi connectivity index (χ4v) is 4.23. The van der Waals surface area contributed by atoms with E-state index in [1.54, 1.807) is 6.26 Å². The smallest absolute Gasteiger partial charge is 0.270 e. The third-order valence-corrected chi connectivity index (χ3v) is 5.71. The molecule has 0 bridgehead atoms. The summed E-state index contributed by atoms with van der Waals surface area (Å²) in [5.74, 6) is -0.188. The second kappa shape index (κ2) is 7.06. The third-order valence-electron chi connectivity index (χ3n) is 3.61. The predicted molar refractivity (Wildman–Crippen MR) is 106 cm³/mol. The first kappa shape index (κ1) is 17.0. The molecule has 0 radical (unpaired) electrons. The Hall–Kier alpha value is -2.42. The van der Waals surface area contributed by atoms with Gasteiger partial charge in [0.15, 0.2) is 11.5 Å². The van der Waals surface area contributed by atoms with Crippen LogP contribution < -0.4 is 5.73 Å². The van der Waals surface area contributed by atoms with Crippen molar-refractivity contribution >= 4 is 61.8 Å². The van der Waals surface area contributed by atoms with Crippen LogP contribution in [0.15, 0.2) is 47.7 Å². The summed E-state index contributed by atoms with van der Waals surface area (Å²) in [6.45, 7) is 0. The molecule has 9 heteroatoms. The number of primary amides is 1. The number of carbonyl (C=O) groups is 1. The minimum atomic E-state index is -0.621. The van der Waals surface area contributed by atoms with Crippen molar-refractivity contribution in [2.24, 2.45) is 10.7 Å². The van der Waals surface area contributed by atoms with Crippen LogP contribution in [0, 0.1) is 0 Å². The van der Waals surface area contributed by atoms with Gasteiger partial charge in [0.1, 0.15) is 17.1 Å². The summed E-state index contributed by atoms with van der Waals surface area (Å²) in [6.07, 6.45) is 4.13. The number of benzene rings is 1. The van der Waals surface area contributed by atoms with Gasteiger partial charge in [0.2, 0.25) is 0 Å². The molecular formula is C17H11ClN4O2S2. The second-order valence-electron chi connectivity index (χ2n) is 5.36. The lowest BCUT2D eigenvalue weighted by atomic mass is 10.1. The van der Waals surface area contributed by atoms with Gasteiger partial charge in [-0.3, -0.25) is 4.79 Å². The van der Waals surface area contributed by atoms with Crippen molar-refractivity contribution in [3.8, 4) is 10.4 Å². The van der Waals surface area contributed by atoms with Crippen molar-refractivity contribution in [1.82, 2.24) is 10.2 Å². The Balaban J connectivity index is 1.88. The number of carbonyl (C=O) groups excluding carboxylic acids is 1. The molecule has 4 rings (SSSR count). The molecule has 130 valence electrons. The number of allylic oxidation sites excluding steroid dienone is 1. The maximum atomic E-state index is 11.7. The minimum absolute atomic E-state index is 0.140. The fraction of sp³-hybridized carbons (Fsp3) is 0.0588. The number of hydrogen-bond acceptors (Lipinski definition) is 7. The molecule has 0 aliphatic carbocycles. The third kappa shape index (κ3) is 3.31. The lowest BCUT2D eigenvalue weighted by molar-refractivity contribution is 0.0996. The molecule has 2 N–H and O–H groups in total. The Labute approximate surface area is 161 Å². The van der Waals surface area contributed by atoms with Crippen LogP contribution in [-0.4, -0.2) is 21.1 Å². The van der Waals surface area contributed by atoms with Crippen molar-refractivity contribution in [3.63, 3.8) is 0 Å². The molecule has 3 aromatic rings. The van der Waals surface area contributed by atoms with Crippen LogP contribution in [0.4, 0.5) is 5.82 Å². The minimum Gasteiger partial charge on any atom is -0.427 e. The Kier molecular flexibility index (Phi) is 4.62. The van der Waals surface area contributed by atoms with Gasteiger partial charge in [-0.2, -0.15) is 0 Å². The van der Waals surface area contributed by atoms with Crippen molar-refractivity contribution < 1.29 is 8.98 Å². The average molecular weight is 403 g/mol. The van der Waals surface area contributed by atoms with Gasteiger partial charge in [0.05, 0.1) is 11.0 Å². The normalized spacial score (nSPS) is 15.3. The van der Waals surface area contributed by atoms with Gasteiger partial charge in [0.25, 0.3) is 5.91 Å². The summed E-state index contributed by atoms with van der Waals surface area (Å²) in [5, 5.41) is 10.2. The number of nitrogens with two attached hydrogens (primary N) is 1. The van der Waals surface area contributed by atoms with Gasteiger partial charge >= 0.3 is 0 Å². The lowest BCUT2D eigenvalue weighted by Gasteiger charge is -2.06. The molecule has 0 spiro atoms. The van der Waals surface area contributed by atoms with E-state index in [2.05, 4.69) is 15.2 Å². The molecule has 6 nitrogen and oxygen atoms in total. The molecule has 0 fully saturated rings. The molecule has 0 saturated heterocycles. The monoisotopic (exact) mass is 402 g/mol. The zero-order chi connectivity index (χ0) is 18.1. The molecular weight excluding hydrogens is 392 g/mol. The first-order valence-corrected chi connectivity index (χ1v) is 9.47.